The van der Waals surface area contributed by atoms with Crippen molar-refractivity contribution in [1.82, 2.24) is 9.55 Å². The van der Waals surface area contributed by atoms with Crippen molar-refractivity contribution in [2.75, 3.05) is 0 Å². The van der Waals surface area contributed by atoms with Gasteiger partial charge in [-0.1, -0.05) is 30.4 Å². The van der Waals surface area contributed by atoms with Crippen molar-refractivity contribution in [3.05, 3.63) is 66.1 Å². The predicted octanol–water partition coefficient (Wildman–Crippen LogP) is 2.72. The van der Waals surface area contributed by atoms with E-state index in [-0.39, 0.29) is 0 Å². The van der Waals surface area contributed by atoms with Gasteiger partial charge in [-0.3, -0.25) is 4.98 Å². The monoisotopic (exact) mass is 267 g/mol. The van der Waals surface area contributed by atoms with Gasteiger partial charge in [-0.15, -0.1) is 0 Å². The van der Waals surface area contributed by atoms with E-state index in [1.165, 1.54) is 5.56 Å². The van der Waals surface area contributed by atoms with Crippen LogP contribution in [0.2, 0.25) is 0 Å². The Kier molecular flexibility index (Phi) is 3.01. The summed E-state index contributed by atoms with van der Waals surface area (Å²) in [5.74, 6) is 0. The molecular formula is C15H13N3S. The third-order valence-corrected chi connectivity index (χ3v) is 3.37. The minimum Gasteiger partial charge on any atom is -0.388 e. The number of thiocarbonyl (C=S) groups is 1. The molecule has 0 radical (unpaired) electrons. The van der Waals surface area contributed by atoms with Gasteiger partial charge >= 0.3 is 0 Å². The summed E-state index contributed by atoms with van der Waals surface area (Å²) in [7, 11) is 0. The van der Waals surface area contributed by atoms with Gasteiger partial charge in [0, 0.05) is 24.3 Å². The number of aromatic nitrogens is 2. The Labute approximate surface area is 116 Å². The van der Waals surface area contributed by atoms with Crippen LogP contribution in [-0.2, 0) is 6.54 Å². The van der Waals surface area contributed by atoms with Crippen molar-refractivity contribution >= 4 is 28.1 Å². The van der Waals surface area contributed by atoms with Crippen molar-refractivity contribution in [2.45, 2.75) is 6.54 Å². The number of nitrogens with two attached hydrogens (primary N) is 1. The third-order valence-electron chi connectivity index (χ3n) is 3.16. The van der Waals surface area contributed by atoms with Crippen molar-refractivity contribution in [3.8, 4) is 0 Å². The molecule has 1 aromatic carbocycles. The van der Waals surface area contributed by atoms with Crippen molar-refractivity contribution in [3.63, 3.8) is 0 Å². The first-order valence-electron chi connectivity index (χ1n) is 6.03. The molecule has 2 N–H and O–H groups in total. The lowest BCUT2D eigenvalue weighted by Gasteiger charge is -2.10. The Morgan fingerprint density at radius 3 is 2.84 bits per heavy atom. The number of fused-ring (bicyclic) bond motifs is 1. The van der Waals surface area contributed by atoms with Gasteiger partial charge < -0.3 is 10.3 Å². The lowest BCUT2D eigenvalue weighted by atomic mass is 10.1. The summed E-state index contributed by atoms with van der Waals surface area (Å²) in [5, 5.41) is 1.16. The molecule has 0 bridgehead atoms. The number of para-hydroxylation sites is 1. The normalized spacial score (nSPS) is 10.7. The number of benzene rings is 1. The summed E-state index contributed by atoms with van der Waals surface area (Å²) in [4.78, 5) is 4.79. The topological polar surface area (TPSA) is 43.8 Å². The molecule has 0 saturated carbocycles. The number of nitrogens with zero attached hydrogens (tertiary/aromatic N) is 2. The Bertz CT molecular complexity index is 740. The highest BCUT2D eigenvalue weighted by Crippen LogP contribution is 2.18. The first-order chi connectivity index (χ1) is 9.25. The van der Waals surface area contributed by atoms with E-state index in [1.807, 2.05) is 48.8 Å². The van der Waals surface area contributed by atoms with E-state index in [0.29, 0.717) is 4.99 Å². The number of pyridine rings is 1. The van der Waals surface area contributed by atoms with Crippen LogP contribution in [0.5, 0.6) is 0 Å². The van der Waals surface area contributed by atoms with E-state index < -0.39 is 0 Å². The van der Waals surface area contributed by atoms with Gasteiger partial charge in [0.05, 0.1) is 11.2 Å². The molecule has 2 heterocycles. The Balaban J connectivity index is 2.06. The first-order valence-corrected chi connectivity index (χ1v) is 6.44. The lowest BCUT2D eigenvalue weighted by Crippen LogP contribution is -2.15. The second kappa shape index (κ2) is 4.82. The average molecular weight is 267 g/mol. The summed E-state index contributed by atoms with van der Waals surface area (Å²) >= 11 is 5.06. The van der Waals surface area contributed by atoms with E-state index in [1.54, 1.807) is 0 Å². The van der Waals surface area contributed by atoms with Gasteiger partial charge in [0.15, 0.2) is 0 Å². The van der Waals surface area contributed by atoms with E-state index in [9.17, 15) is 0 Å². The number of rotatable bonds is 3. The molecule has 4 heteroatoms. The van der Waals surface area contributed by atoms with Crippen molar-refractivity contribution in [2.24, 2.45) is 5.73 Å². The van der Waals surface area contributed by atoms with Gasteiger partial charge in [0.1, 0.15) is 4.99 Å². The van der Waals surface area contributed by atoms with Crippen LogP contribution in [0.25, 0.3) is 10.9 Å². The lowest BCUT2D eigenvalue weighted by molar-refractivity contribution is 0.803. The van der Waals surface area contributed by atoms with Crippen LogP contribution in [0, 0.1) is 0 Å². The molecule has 3 nitrogen and oxygen atoms in total. The maximum Gasteiger partial charge on any atom is 0.120 e. The highest BCUT2D eigenvalue weighted by atomic mass is 32.1. The zero-order valence-electron chi connectivity index (χ0n) is 10.3. The summed E-state index contributed by atoms with van der Waals surface area (Å²) in [6.45, 7) is 0.739. The fourth-order valence-electron chi connectivity index (χ4n) is 2.25. The largest absolute Gasteiger partial charge is 0.388 e. The minimum atomic E-state index is 0.420. The molecule has 3 rings (SSSR count). The van der Waals surface area contributed by atoms with Gasteiger partial charge in [0.25, 0.3) is 0 Å². The van der Waals surface area contributed by atoms with Crippen LogP contribution in [0.4, 0.5) is 0 Å². The number of hydrogen-bond donors (Lipinski definition) is 1. The molecule has 0 aliphatic carbocycles. The fraction of sp³-hybridized carbons (Fsp3) is 0.0667. The molecule has 0 aliphatic heterocycles. The molecule has 0 unspecified atom stereocenters. The molecule has 19 heavy (non-hydrogen) atoms. The van der Waals surface area contributed by atoms with Gasteiger partial charge in [0.2, 0.25) is 0 Å². The second-order valence-electron chi connectivity index (χ2n) is 4.37. The highest BCUT2D eigenvalue weighted by molar-refractivity contribution is 7.80. The van der Waals surface area contributed by atoms with Crippen LogP contribution in [0.1, 0.15) is 11.3 Å². The molecule has 94 valence electrons. The zero-order chi connectivity index (χ0) is 13.2. The Morgan fingerprint density at radius 2 is 2.00 bits per heavy atom. The number of hydrogen-bond acceptors (Lipinski definition) is 2. The van der Waals surface area contributed by atoms with E-state index >= 15 is 0 Å². The van der Waals surface area contributed by atoms with Crippen LogP contribution < -0.4 is 5.73 Å². The summed E-state index contributed by atoms with van der Waals surface area (Å²) in [5.41, 5.74) is 8.82. The van der Waals surface area contributed by atoms with Crippen molar-refractivity contribution < 1.29 is 0 Å². The first kappa shape index (κ1) is 11.9. The molecular weight excluding hydrogens is 254 g/mol. The maximum absolute atomic E-state index is 5.72. The van der Waals surface area contributed by atoms with Gasteiger partial charge in [-0.25, -0.2) is 0 Å². The summed E-state index contributed by atoms with van der Waals surface area (Å²) < 4.78 is 2.06. The zero-order valence-corrected chi connectivity index (χ0v) is 11.1. The summed E-state index contributed by atoms with van der Waals surface area (Å²) in [6, 6.07) is 14.0. The minimum absolute atomic E-state index is 0.420. The van der Waals surface area contributed by atoms with Crippen LogP contribution in [-0.4, -0.2) is 14.5 Å². The van der Waals surface area contributed by atoms with Crippen LogP contribution in [0.15, 0.2) is 54.9 Å². The maximum atomic E-state index is 5.72. The molecule has 0 spiro atoms. The fourth-order valence-corrected chi connectivity index (χ4v) is 2.44. The molecule has 0 atom stereocenters. The predicted molar refractivity (Wildman–Crippen MR) is 81.2 cm³/mol. The molecule has 0 saturated heterocycles. The SMILES string of the molecule is NC(=S)c1cccn1Cc1ccnc2ccccc12. The van der Waals surface area contributed by atoms with E-state index in [0.717, 1.165) is 23.1 Å². The third kappa shape index (κ3) is 2.22. The van der Waals surface area contributed by atoms with Gasteiger partial charge in [-0.05, 0) is 29.8 Å². The van der Waals surface area contributed by atoms with Crippen molar-refractivity contribution in [1.29, 1.82) is 0 Å². The molecule has 0 fully saturated rings. The smallest absolute Gasteiger partial charge is 0.120 e. The van der Waals surface area contributed by atoms with Crippen LogP contribution >= 0.6 is 12.2 Å². The Morgan fingerprint density at radius 1 is 1.16 bits per heavy atom. The van der Waals surface area contributed by atoms with E-state index in [2.05, 4.69) is 15.6 Å². The average Bonchev–Trinajstić information content (AvgIpc) is 2.87. The Hall–Kier alpha value is -2.20. The molecule has 3 aromatic rings. The summed E-state index contributed by atoms with van der Waals surface area (Å²) in [6.07, 6.45) is 3.82. The van der Waals surface area contributed by atoms with Crippen LogP contribution in [0.3, 0.4) is 0 Å². The molecule has 2 aromatic heterocycles. The highest BCUT2D eigenvalue weighted by Gasteiger charge is 2.06. The quantitative estimate of drug-likeness (QED) is 0.742. The molecule has 0 amide bonds. The van der Waals surface area contributed by atoms with Gasteiger partial charge in [-0.2, -0.15) is 0 Å². The second-order valence-corrected chi connectivity index (χ2v) is 4.81. The molecule has 0 aliphatic rings. The standard InChI is InChI=1S/C15H13N3S/c16-15(19)14-6-3-9-18(14)10-11-7-8-17-13-5-2-1-4-12(11)13/h1-9H,10H2,(H2,16,19). The van der Waals surface area contributed by atoms with E-state index in [4.69, 9.17) is 18.0 Å².